The molecule has 0 amide bonds. The van der Waals surface area contributed by atoms with E-state index >= 15 is 0 Å². The van der Waals surface area contributed by atoms with Crippen molar-refractivity contribution in [3.8, 4) is 0 Å². The van der Waals surface area contributed by atoms with Gasteiger partial charge in [-0.05, 0) is 97.9 Å². The number of benzene rings is 2. The van der Waals surface area contributed by atoms with E-state index in [9.17, 15) is 19.8 Å². The van der Waals surface area contributed by atoms with Crippen LogP contribution in [0.3, 0.4) is 0 Å². The third-order valence-electron chi connectivity index (χ3n) is 11.8. The zero-order chi connectivity index (χ0) is 32.6. The predicted molar refractivity (Wildman–Crippen MR) is 184 cm³/mol. The number of ether oxygens (including phenoxy) is 2. The zero-order valence-electron chi connectivity index (χ0n) is 26.9. The fourth-order valence-electron chi connectivity index (χ4n) is 9.87. The lowest BCUT2D eigenvalue weighted by molar-refractivity contribution is -0.201. The van der Waals surface area contributed by atoms with Gasteiger partial charge in [0.05, 0.1) is 12.2 Å². The van der Waals surface area contributed by atoms with Gasteiger partial charge < -0.3 is 19.7 Å². The van der Waals surface area contributed by atoms with Crippen molar-refractivity contribution >= 4 is 34.9 Å². The molecule has 3 saturated carbocycles. The summed E-state index contributed by atoms with van der Waals surface area (Å²) in [5.74, 6) is 0.247. The number of hydrogen-bond donors (Lipinski definition) is 2. The van der Waals surface area contributed by atoms with Crippen LogP contribution in [0.15, 0.2) is 76.1 Å². The number of rotatable bonds is 7. The standard InChI is InChI=1S/C38H43ClO6S.CH4/c1-21(2)15-23-16-27(10-12-30(23)39)46-26-8-5-22(6-9-26)35-44-33-18-29-28-11-7-24-17-25(41)13-14-36(24,3)34(28)31(42)19-37(29,4)38(33,45-35)32(43)20-40;/h5-6,8-10,12-14,16-17,21,28-29,31,33-35,40,42H,7,11,15,18-20H2,1-4H3;1H4/t28-,29-,31-,33+,34+,35+,36-,37-,38+;/m0./s1. The normalized spacial score (nSPS) is 37.0. The highest BCUT2D eigenvalue weighted by Gasteiger charge is 2.75. The highest BCUT2D eigenvalue weighted by Crippen LogP contribution is 2.70. The molecule has 2 N–H and O–H groups in total. The minimum atomic E-state index is -1.36. The third-order valence-corrected chi connectivity index (χ3v) is 13.2. The Balaban J connectivity index is 0.00000386. The molecule has 2 aromatic carbocycles. The van der Waals surface area contributed by atoms with Crippen molar-refractivity contribution in [3.63, 3.8) is 0 Å². The molecule has 1 heterocycles. The number of halogens is 1. The van der Waals surface area contributed by atoms with Crippen molar-refractivity contribution in [2.75, 3.05) is 6.61 Å². The summed E-state index contributed by atoms with van der Waals surface area (Å²) in [4.78, 5) is 28.2. The lowest BCUT2D eigenvalue weighted by atomic mass is 9.46. The summed E-state index contributed by atoms with van der Waals surface area (Å²) in [5, 5.41) is 22.9. The van der Waals surface area contributed by atoms with Crippen LogP contribution < -0.4 is 0 Å². The van der Waals surface area contributed by atoms with Crippen LogP contribution in [0.4, 0.5) is 0 Å². The largest absolute Gasteiger partial charge is 0.393 e. The second kappa shape index (κ2) is 12.6. The quantitative estimate of drug-likeness (QED) is 0.307. The van der Waals surface area contributed by atoms with E-state index in [1.807, 2.05) is 42.5 Å². The van der Waals surface area contributed by atoms with Crippen LogP contribution >= 0.6 is 23.4 Å². The first-order chi connectivity index (χ1) is 21.9. The predicted octanol–water partition coefficient (Wildman–Crippen LogP) is 7.93. The molecule has 7 rings (SSSR count). The maximum absolute atomic E-state index is 13.8. The number of ketones is 2. The second-order valence-electron chi connectivity index (χ2n) is 14.9. The summed E-state index contributed by atoms with van der Waals surface area (Å²) in [5.41, 5.74) is 0.553. The van der Waals surface area contributed by atoms with Gasteiger partial charge in [-0.25, -0.2) is 0 Å². The Bertz CT molecular complexity index is 1620. The van der Waals surface area contributed by atoms with Gasteiger partial charge in [-0.3, -0.25) is 9.59 Å². The van der Waals surface area contributed by atoms with Crippen LogP contribution in [0.25, 0.3) is 0 Å². The molecular weight excluding hydrogens is 632 g/mol. The lowest BCUT2D eigenvalue weighted by Gasteiger charge is -2.59. The van der Waals surface area contributed by atoms with Crippen molar-refractivity contribution in [2.24, 2.45) is 34.5 Å². The molecule has 5 aliphatic rings. The van der Waals surface area contributed by atoms with Gasteiger partial charge in [-0.2, -0.15) is 0 Å². The van der Waals surface area contributed by atoms with E-state index in [4.69, 9.17) is 21.1 Å². The smallest absolute Gasteiger partial charge is 0.193 e. The van der Waals surface area contributed by atoms with E-state index in [1.165, 1.54) is 0 Å². The fraction of sp³-hybridized carbons (Fsp3) is 0.538. The number of carbonyl (C=O) groups is 2. The average Bonchev–Trinajstić information content (AvgIpc) is 3.51. The molecule has 4 fully saturated rings. The number of aliphatic hydroxyl groups is 2. The number of hydrogen-bond acceptors (Lipinski definition) is 7. The highest BCUT2D eigenvalue weighted by atomic mass is 35.5. The van der Waals surface area contributed by atoms with Crippen molar-refractivity contribution in [3.05, 3.63) is 82.4 Å². The molecule has 0 spiro atoms. The maximum atomic E-state index is 13.8. The summed E-state index contributed by atoms with van der Waals surface area (Å²) >= 11 is 8.11. The van der Waals surface area contributed by atoms with E-state index in [0.717, 1.165) is 50.8 Å². The van der Waals surface area contributed by atoms with Crippen molar-refractivity contribution in [1.82, 2.24) is 0 Å². The summed E-state index contributed by atoms with van der Waals surface area (Å²) in [7, 11) is 0. The van der Waals surface area contributed by atoms with Gasteiger partial charge in [-0.1, -0.05) is 82.3 Å². The third kappa shape index (κ3) is 5.40. The van der Waals surface area contributed by atoms with E-state index in [-0.39, 0.29) is 36.7 Å². The summed E-state index contributed by atoms with van der Waals surface area (Å²) in [6.07, 6.45) is 6.88. The summed E-state index contributed by atoms with van der Waals surface area (Å²) in [6, 6.07) is 14.2. The topological polar surface area (TPSA) is 93.1 Å². The van der Waals surface area contributed by atoms with Gasteiger partial charge in [0.1, 0.15) is 6.61 Å². The molecule has 8 heteroatoms. The Morgan fingerprint density at radius 1 is 1.13 bits per heavy atom. The molecule has 9 atom stereocenters. The van der Waals surface area contributed by atoms with Crippen LogP contribution in [0, 0.1) is 34.5 Å². The Labute approximate surface area is 288 Å². The van der Waals surface area contributed by atoms with Gasteiger partial charge in [-0.15, -0.1) is 0 Å². The van der Waals surface area contributed by atoms with Gasteiger partial charge in [0.15, 0.2) is 23.5 Å². The molecule has 252 valence electrons. The van der Waals surface area contributed by atoms with Crippen LogP contribution in [0.5, 0.6) is 0 Å². The summed E-state index contributed by atoms with van der Waals surface area (Å²) < 4.78 is 13.4. The van der Waals surface area contributed by atoms with Gasteiger partial charge in [0.2, 0.25) is 0 Å². The minimum Gasteiger partial charge on any atom is -0.393 e. The number of aliphatic hydroxyl groups excluding tert-OH is 2. The molecule has 47 heavy (non-hydrogen) atoms. The average molecular weight is 679 g/mol. The van der Waals surface area contributed by atoms with Gasteiger partial charge in [0, 0.05) is 37.1 Å². The van der Waals surface area contributed by atoms with E-state index in [1.54, 1.807) is 23.9 Å². The molecule has 4 aliphatic carbocycles. The molecule has 0 radical (unpaired) electrons. The van der Waals surface area contributed by atoms with Crippen molar-refractivity contribution < 1.29 is 29.3 Å². The van der Waals surface area contributed by atoms with Crippen LogP contribution in [0.2, 0.25) is 5.02 Å². The first-order valence-electron chi connectivity index (χ1n) is 16.6. The molecular formula is C39H47ClO6S. The van der Waals surface area contributed by atoms with E-state index in [2.05, 4.69) is 33.8 Å². The maximum Gasteiger partial charge on any atom is 0.193 e. The number of allylic oxidation sites excluding steroid dienone is 4. The van der Waals surface area contributed by atoms with Crippen molar-refractivity contribution in [2.45, 2.75) is 101 Å². The van der Waals surface area contributed by atoms with Gasteiger partial charge in [0.25, 0.3) is 0 Å². The number of fused-ring (bicyclic) bond motifs is 7. The zero-order valence-corrected chi connectivity index (χ0v) is 28.4. The second-order valence-corrected chi connectivity index (χ2v) is 16.4. The molecule has 0 aromatic heterocycles. The van der Waals surface area contributed by atoms with Crippen LogP contribution in [-0.4, -0.2) is 46.2 Å². The molecule has 2 aromatic rings. The molecule has 1 saturated heterocycles. The summed E-state index contributed by atoms with van der Waals surface area (Å²) in [6.45, 7) is 7.91. The van der Waals surface area contributed by atoms with Gasteiger partial charge >= 0.3 is 0 Å². The van der Waals surface area contributed by atoms with E-state index < -0.39 is 41.5 Å². The Morgan fingerprint density at radius 2 is 1.85 bits per heavy atom. The van der Waals surface area contributed by atoms with Crippen LogP contribution in [-0.2, 0) is 25.5 Å². The molecule has 0 unspecified atom stereocenters. The monoisotopic (exact) mass is 678 g/mol. The first kappa shape index (κ1) is 34.6. The lowest BCUT2D eigenvalue weighted by Crippen LogP contribution is -2.63. The first-order valence-corrected chi connectivity index (χ1v) is 17.7. The molecule has 6 nitrogen and oxygen atoms in total. The van der Waals surface area contributed by atoms with E-state index in [0.29, 0.717) is 18.8 Å². The Hall–Kier alpha value is -2.26. The van der Waals surface area contributed by atoms with Crippen LogP contribution in [0.1, 0.15) is 78.2 Å². The highest BCUT2D eigenvalue weighted by molar-refractivity contribution is 7.99. The Kier molecular flexibility index (Phi) is 9.25. The Morgan fingerprint density at radius 3 is 2.55 bits per heavy atom. The SMILES string of the molecule is C.CC(C)Cc1cc(Sc2ccc([C@@H]3O[C@@H]4C[C@H]5[C@@H]6CCC7=CC(=O)C=C[C@]7(C)[C@H]6[C@@H](O)C[C@]5(C)[C@]4(C(=O)CO)O3)cc2)ccc1Cl. The number of carbonyl (C=O) groups excluding carboxylic acids is 2. The minimum absolute atomic E-state index is 0. The molecule has 1 aliphatic heterocycles. The fourth-order valence-corrected chi connectivity index (χ4v) is 11.0. The number of Topliss-reactive ketones (excluding diaryl/α,β-unsaturated/α-hetero) is 1. The molecule has 0 bridgehead atoms. The van der Waals surface area contributed by atoms with Crippen molar-refractivity contribution in [1.29, 1.82) is 0 Å².